The second-order valence-corrected chi connectivity index (χ2v) is 7.14. The maximum atomic E-state index is 13.2. The molecule has 0 unspecified atom stereocenters. The number of aromatic nitrogens is 4. The topological polar surface area (TPSA) is 81.1 Å². The minimum Gasteiger partial charge on any atom is -0.471 e. The van der Waals surface area contributed by atoms with Gasteiger partial charge in [-0.05, 0) is 18.9 Å². The molecule has 1 aliphatic rings. The number of nitrogens with zero attached hydrogens (tertiary/aromatic N) is 5. The summed E-state index contributed by atoms with van der Waals surface area (Å²) < 4.78 is 56.8. The van der Waals surface area contributed by atoms with Crippen molar-refractivity contribution in [2.24, 2.45) is 0 Å². The smallest absolute Gasteiger partial charge is 0.434 e. The van der Waals surface area contributed by atoms with Crippen LogP contribution in [-0.2, 0) is 6.18 Å². The first-order chi connectivity index (χ1) is 15.3. The van der Waals surface area contributed by atoms with Crippen molar-refractivity contribution in [1.29, 1.82) is 0 Å². The Kier molecular flexibility index (Phi) is 5.97. The van der Waals surface area contributed by atoms with Crippen molar-refractivity contribution in [3.63, 3.8) is 0 Å². The van der Waals surface area contributed by atoms with Crippen LogP contribution in [0.3, 0.4) is 0 Å². The summed E-state index contributed by atoms with van der Waals surface area (Å²) in [5.41, 5.74) is -0.284. The zero-order valence-electron chi connectivity index (χ0n) is 16.6. The lowest BCUT2D eigenvalue weighted by Gasteiger charge is -2.33. The number of hydrogen-bond acceptors (Lipinski definition) is 6. The van der Waals surface area contributed by atoms with E-state index in [0.29, 0.717) is 36.7 Å². The highest BCUT2D eigenvalue weighted by molar-refractivity contribution is 6.00. The maximum absolute atomic E-state index is 13.2. The maximum Gasteiger partial charge on any atom is 0.434 e. The van der Waals surface area contributed by atoms with Gasteiger partial charge in [-0.15, -0.1) is 0 Å². The molecule has 1 fully saturated rings. The first-order valence-corrected chi connectivity index (χ1v) is 9.73. The van der Waals surface area contributed by atoms with Gasteiger partial charge in [-0.2, -0.15) is 13.2 Å². The molecule has 3 aromatic rings. The number of benzene rings is 1. The van der Waals surface area contributed by atoms with Gasteiger partial charge in [-0.1, -0.05) is 18.2 Å². The molecule has 0 radical (unpaired) electrons. The van der Waals surface area contributed by atoms with Gasteiger partial charge in [0.1, 0.15) is 6.10 Å². The van der Waals surface area contributed by atoms with Gasteiger partial charge in [0, 0.05) is 12.1 Å². The number of carbonyl (C=O) groups is 1. The van der Waals surface area contributed by atoms with Crippen molar-refractivity contribution in [3.05, 3.63) is 66.1 Å². The van der Waals surface area contributed by atoms with Crippen LogP contribution in [0.25, 0.3) is 11.4 Å². The molecule has 0 spiro atoms. The molecule has 1 atom stereocenters. The van der Waals surface area contributed by atoms with Crippen LogP contribution in [0, 0.1) is 5.82 Å². The Bertz CT molecular complexity index is 1090. The van der Waals surface area contributed by atoms with Crippen LogP contribution in [0.4, 0.5) is 17.6 Å². The van der Waals surface area contributed by atoms with Crippen LogP contribution >= 0.6 is 0 Å². The molecular weight excluding hydrogens is 430 g/mol. The Hall–Kier alpha value is -3.63. The first-order valence-electron chi connectivity index (χ1n) is 9.73. The summed E-state index contributed by atoms with van der Waals surface area (Å²) in [4.78, 5) is 29.7. The van der Waals surface area contributed by atoms with Crippen molar-refractivity contribution in [3.8, 4) is 17.3 Å². The molecule has 11 heteroatoms. The van der Waals surface area contributed by atoms with E-state index < -0.39 is 23.8 Å². The average molecular weight is 447 g/mol. The SMILES string of the molecule is O=C(c1ccccc1-c1ncc(F)cn1)N1CCC[C@@H](Oc2cnc(C(F)(F)F)cn2)C1. The molecular formula is C21H17F4N5O2. The monoisotopic (exact) mass is 447 g/mol. The number of carbonyl (C=O) groups excluding carboxylic acids is 1. The molecule has 3 heterocycles. The minimum atomic E-state index is -4.58. The van der Waals surface area contributed by atoms with Gasteiger partial charge in [0.2, 0.25) is 5.88 Å². The van der Waals surface area contributed by atoms with Gasteiger partial charge in [-0.25, -0.2) is 24.3 Å². The normalized spacial score (nSPS) is 16.6. The molecule has 0 saturated carbocycles. The number of likely N-dealkylation sites (tertiary alicyclic amines) is 1. The highest BCUT2D eigenvalue weighted by atomic mass is 19.4. The van der Waals surface area contributed by atoms with Gasteiger partial charge >= 0.3 is 6.18 Å². The molecule has 0 N–H and O–H groups in total. The highest BCUT2D eigenvalue weighted by Crippen LogP contribution is 2.28. The fourth-order valence-corrected chi connectivity index (χ4v) is 3.40. The number of hydrogen-bond donors (Lipinski definition) is 0. The third-order valence-electron chi connectivity index (χ3n) is 4.89. The minimum absolute atomic E-state index is 0.0441. The summed E-state index contributed by atoms with van der Waals surface area (Å²) in [5.74, 6) is -0.683. The van der Waals surface area contributed by atoms with Gasteiger partial charge in [0.05, 0.1) is 36.9 Å². The number of ether oxygens (including phenoxy) is 1. The predicted octanol–water partition coefficient (Wildman–Crippen LogP) is 3.78. The largest absolute Gasteiger partial charge is 0.471 e. The number of rotatable bonds is 4. The van der Waals surface area contributed by atoms with E-state index in [1.807, 2.05) is 0 Å². The zero-order chi connectivity index (χ0) is 22.7. The zero-order valence-corrected chi connectivity index (χ0v) is 16.6. The standard InChI is InChI=1S/C21H17F4N5O2/c22-13-8-28-19(29-9-13)15-5-1-2-6-16(15)20(31)30-7-3-4-14(12-30)32-18-11-26-17(10-27-18)21(23,24)25/h1-2,5-6,8-11,14H,3-4,7,12H2/t14-/m1/s1. The van der Waals surface area contributed by atoms with E-state index in [2.05, 4.69) is 19.9 Å². The quantitative estimate of drug-likeness (QED) is 0.567. The van der Waals surface area contributed by atoms with E-state index in [-0.39, 0.29) is 24.2 Å². The van der Waals surface area contributed by atoms with Crippen molar-refractivity contribution in [2.45, 2.75) is 25.1 Å². The number of halogens is 4. The third-order valence-corrected chi connectivity index (χ3v) is 4.89. The summed E-state index contributed by atoms with van der Waals surface area (Å²) in [6, 6.07) is 6.74. The summed E-state index contributed by atoms with van der Waals surface area (Å²) in [7, 11) is 0. The average Bonchev–Trinajstić information content (AvgIpc) is 2.79. The van der Waals surface area contributed by atoms with Crippen molar-refractivity contribution in [2.75, 3.05) is 13.1 Å². The third kappa shape index (κ3) is 4.82. The van der Waals surface area contributed by atoms with E-state index in [1.54, 1.807) is 29.2 Å². The van der Waals surface area contributed by atoms with E-state index in [1.165, 1.54) is 0 Å². The Balaban J connectivity index is 1.48. The summed E-state index contributed by atoms with van der Waals surface area (Å²) in [5, 5.41) is 0. The van der Waals surface area contributed by atoms with Gasteiger partial charge in [0.15, 0.2) is 17.3 Å². The van der Waals surface area contributed by atoms with Crippen LogP contribution in [0.1, 0.15) is 28.9 Å². The Labute approximate surface area is 180 Å². The lowest BCUT2D eigenvalue weighted by molar-refractivity contribution is -0.141. The van der Waals surface area contributed by atoms with Gasteiger partial charge in [-0.3, -0.25) is 4.79 Å². The van der Waals surface area contributed by atoms with E-state index in [9.17, 15) is 22.4 Å². The number of amides is 1. The number of piperidine rings is 1. The molecule has 4 rings (SSSR count). The van der Waals surface area contributed by atoms with Crippen LogP contribution in [-0.4, -0.2) is 49.9 Å². The summed E-state index contributed by atoms with van der Waals surface area (Å²) in [6.07, 6.45) is -0.201. The van der Waals surface area contributed by atoms with Crippen LogP contribution in [0.5, 0.6) is 5.88 Å². The van der Waals surface area contributed by atoms with Crippen molar-refractivity contribution >= 4 is 5.91 Å². The van der Waals surface area contributed by atoms with Crippen molar-refractivity contribution in [1.82, 2.24) is 24.8 Å². The Morgan fingerprint density at radius 2 is 1.78 bits per heavy atom. The van der Waals surface area contributed by atoms with Gasteiger partial charge < -0.3 is 9.64 Å². The highest BCUT2D eigenvalue weighted by Gasteiger charge is 2.33. The predicted molar refractivity (Wildman–Crippen MR) is 104 cm³/mol. The molecule has 0 bridgehead atoms. The molecule has 7 nitrogen and oxygen atoms in total. The number of alkyl halides is 3. The molecule has 32 heavy (non-hydrogen) atoms. The van der Waals surface area contributed by atoms with Crippen LogP contribution in [0.15, 0.2) is 49.1 Å². The second-order valence-electron chi connectivity index (χ2n) is 7.14. The molecule has 1 saturated heterocycles. The van der Waals surface area contributed by atoms with E-state index in [0.717, 1.165) is 18.6 Å². The molecule has 2 aromatic heterocycles. The van der Waals surface area contributed by atoms with Crippen molar-refractivity contribution < 1.29 is 27.1 Å². The first kappa shape index (κ1) is 21.6. The lowest BCUT2D eigenvalue weighted by atomic mass is 10.0. The van der Waals surface area contributed by atoms with Gasteiger partial charge in [0.25, 0.3) is 5.91 Å². The Morgan fingerprint density at radius 3 is 2.47 bits per heavy atom. The molecule has 0 aliphatic carbocycles. The fourth-order valence-electron chi connectivity index (χ4n) is 3.40. The van der Waals surface area contributed by atoms with E-state index in [4.69, 9.17) is 4.74 Å². The second kappa shape index (κ2) is 8.85. The molecule has 166 valence electrons. The fraction of sp³-hybridized carbons (Fsp3) is 0.286. The van der Waals surface area contributed by atoms with Crippen LogP contribution < -0.4 is 4.74 Å². The molecule has 1 amide bonds. The van der Waals surface area contributed by atoms with E-state index >= 15 is 0 Å². The lowest BCUT2D eigenvalue weighted by Crippen LogP contribution is -2.44. The molecule has 1 aromatic carbocycles. The summed E-state index contributed by atoms with van der Waals surface area (Å²) in [6.45, 7) is 0.705. The Morgan fingerprint density at radius 1 is 1.03 bits per heavy atom. The van der Waals surface area contributed by atoms with Crippen LogP contribution in [0.2, 0.25) is 0 Å². The molecule has 1 aliphatic heterocycles. The summed E-state index contributed by atoms with van der Waals surface area (Å²) >= 11 is 0.